The molecule has 2 heterocycles. The third kappa shape index (κ3) is 3.39. The van der Waals surface area contributed by atoms with E-state index in [0.29, 0.717) is 17.5 Å². The second-order valence-corrected chi connectivity index (χ2v) is 6.45. The molecule has 2 rings (SSSR count). The zero-order chi connectivity index (χ0) is 14.7. The molecule has 1 aromatic rings. The lowest BCUT2D eigenvalue weighted by Crippen LogP contribution is -2.38. The van der Waals surface area contributed by atoms with Gasteiger partial charge < -0.3 is 10.2 Å². The average Bonchev–Trinajstić information content (AvgIpc) is 2.79. The number of aromatic amines is 1. The van der Waals surface area contributed by atoms with Gasteiger partial charge in [0.1, 0.15) is 0 Å². The second kappa shape index (κ2) is 6.39. The van der Waals surface area contributed by atoms with Crippen LogP contribution >= 0.6 is 0 Å². The van der Waals surface area contributed by atoms with Crippen LogP contribution in [0.5, 0.6) is 0 Å². The Morgan fingerprint density at radius 2 is 1.90 bits per heavy atom. The lowest BCUT2D eigenvalue weighted by Gasteiger charge is -2.26. The molecule has 0 saturated carbocycles. The fraction of sp³-hybridized carbons (Fsp3) is 0.733. The van der Waals surface area contributed by atoms with Gasteiger partial charge in [-0.25, -0.2) is 0 Å². The molecule has 0 saturated heterocycles. The van der Waals surface area contributed by atoms with Crippen LogP contribution in [0.2, 0.25) is 0 Å². The molecule has 1 aliphatic heterocycles. The molecule has 0 aromatic carbocycles. The van der Waals surface area contributed by atoms with Gasteiger partial charge in [-0.15, -0.1) is 0 Å². The third-order valence-electron chi connectivity index (χ3n) is 3.47. The quantitative estimate of drug-likeness (QED) is 0.863. The number of nitrogens with zero attached hydrogens (tertiary/aromatic N) is 2. The van der Waals surface area contributed by atoms with Crippen molar-refractivity contribution in [3.05, 3.63) is 17.0 Å². The molecule has 1 amide bonds. The summed E-state index contributed by atoms with van der Waals surface area (Å²) >= 11 is 0. The Hall–Kier alpha value is -1.36. The van der Waals surface area contributed by atoms with Gasteiger partial charge in [0.25, 0.3) is 5.91 Å². The number of carbonyl (C=O) groups is 1. The fourth-order valence-corrected chi connectivity index (χ4v) is 2.67. The van der Waals surface area contributed by atoms with Gasteiger partial charge in [0, 0.05) is 43.9 Å². The number of hydrogen-bond acceptors (Lipinski definition) is 3. The lowest BCUT2D eigenvalue weighted by atomic mass is 10.1. The summed E-state index contributed by atoms with van der Waals surface area (Å²) in [4.78, 5) is 14.7. The van der Waals surface area contributed by atoms with Crippen molar-refractivity contribution in [2.45, 2.75) is 40.7 Å². The molecule has 20 heavy (non-hydrogen) atoms. The highest BCUT2D eigenvalue weighted by molar-refractivity contribution is 5.94. The van der Waals surface area contributed by atoms with Gasteiger partial charge in [-0.1, -0.05) is 27.7 Å². The van der Waals surface area contributed by atoms with Gasteiger partial charge in [0.15, 0.2) is 5.69 Å². The van der Waals surface area contributed by atoms with Crippen LogP contribution in [0.3, 0.4) is 0 Å². The maximum absolute atomic E-state index is 12.8. The summed E-state index contributed by atoms with van der Waals surface area (Å²) in [5, 5.41) is 10.6. The monoisotopic (exact) mass is 278 g/mol. The number of amides is 1. The first-order valence-corrected chi connectivity index (χ1v) is 7.55. The molecular formula is C15H26N4O. The van der Waals surface area contributed by atoms with E-state index in [9.17, 15) is 4.79 Å². The molecule has 0 radical (unpaired) electrons. The maximum Gasteiger partial charge on any atom is 0.274 e. The summed E-state index contributed by atoms with van der Waals surface area (Å²) in [7, 11) is 0. The first kappa shape index (κ1) is 15.0. The van der Waals surface area contributed by atoms with Crippen molar-refractivity contribution in [3.63, 3.8) is 0 Å². The Kier molecular flexibility index (Phi) is 4.81. The van der Waals surface area contributed by atoms with Crippen LogP contribution in [0.15, 0.2) is 0 Å². The smallest absolute Gasteiger partial charge is 0.274 e. The number of fused-ring (bicyclic) bond motifs is 1. The Morgan fingerprint density at radius 3 is 2.50 bits per heavy atom. The molecule has 0 unspecified atom stereocenters. The van der Waals surface area contributed by atoms with Crippen molar-refractivity contribution in [3.8, 4) is 0 Å². The summed E-state index contributed by atoms with van der Waals surface area (Å²) in [6, 6.07) is 0. The van der Waals surface area contributed by atoms with Crippen molar-refractivity contribution >= 4 is 5.91 Å². The SMILES string of the molecule is CC(C)CN(CC(C)C)C(=O)c1n[nH]c2c1CNCC2. The van der Waals surface area contributed by atoms with Gasteiger partial charge in [0.2, 0.25) is 0 Å². The Balaban J connectivity index is 2.20. The summed E-state index contributed by atoms with van der Waals surface area (Å²) in [5.74, 6) is 0.991. The van der Waals surface area contributed by atoms with Crippen molar-refractivity contribution in [2.75, 3.05) is 19.6 Å². The summed E-state index contributed by atoms with van der Waals surface area (Å²) in [6.45, 7) is 11.8. The molecule has 0 atom stereocenters. The molecular weight excluding hydrogens is 252 g/mol. The minimum atomic E-state index is 0.0635. The van der Waals surface area contributed by atoms with Crippen molar-refractivity contribution in [1.82, 2.24) is 20.4 Å². The van der Waals surface area contributed by atoms with Crippen LogP contribution in [0.4, 0.5) is 0 Å². The summed E-state index contributed by atoms with van der Waals surface area (Å²) in [6.07, 6.45) is 0.921. The van der Waals surface area contributed by atoms with E-state index < -0.39 is 0 Å². The third-order valence-corrected chi connectivity index (χ3v) is 3.47. The highest BCUT2D eigenvalue weighted by atomic mass is 16.2. The van der Waals surface area contributed by atoms with Crippen molar-refractivity contribution < 1.29 is 4.79 Å². The van der Waals surface area contributed by atoms with Gasteiger partial charge >= 0.3 is 0 Å². The summed E-state index contributed by atoms with van der Waals surface area (Å²) < 4.78 is 0. The van der Waals surface area contributed by atoms with E-state index in [1.54, 1.807) is 0 Å². The molecule has 1 aliphatic rings. The van der Waals surface area contributed by atoms with Gasteiger partial charge in [-0.3, -0.25) is 9.89 Å². The maximum atomic E-state index is 12.8. The van der Waals surface area contributed by atoms with Crippen LogP contribution in [0.25, 0.3) is 0 Å². The van der Waals surface area contributed by atoms with Crippen molar-refractivity contribution in [1.29, 1.82) is 0 Å². The minimum absolute atomic E-state index is 0.0635. The fourth-order valence-electron chi connectivity index (χ4n) is 2.67. The lowest BCUT2D eigenvalue weighted by molar-refractivity contribution is 0.0707. The predicted molar refractivity (Wildman–Crippen MR) is 79.6 cm³/mol. The van der Waals surface area contributed by atoms with Crippen LogP contribution in [0.1, 0.15) is 49.4 Å². The molecule has 0 aliphatic carbocycles. The Labute approximate surface area is 121 Å². The first-order valence-electron chi connectivity index (χ1n) is 7.55. The summed E-state index contributed by atoms with van der Waals surface area (Å²) in [5.41, 5.74) is 2.77. The molecule has 2 N–H and O–H groups in total. The number of aromatic nitrogens is 2. The standard InChI is InChI=1S/C15H26N4O/c1-10(2)8-19(9-11(3)4)15(20)14-12-7-16-6-5-13(12)17-18-14/h10-11,16H,5-9H2,1-4H3,(H,17,18). The van der Waals surface area contributed by atoms with E-state index in [4.69, 9.17) is 0 Å². The van der Waals surface area contributed by atoms with Crippen LogP contribution in [-0.4, -0.2) is 40.6 Å². The number of carbonyl (C=O) groups excluding carboxylic acids is 1. The predicted octanol–water partition coefficient (Wildman–Crippen LogP) is 1.81. The number of nitrogens with one attached hydrogen (secondary N) is 2. The first-order chi connectivity index (χ1) is 9.49. The van der Waals surface area contributed by atoms with Crippen LogP contribution in [-0.2, 0) is 13.0 Å². The zero-order valence-corrected chi connectivity index (χ0v) is 13.0. The van der Waals surface area contributed by atoms with E-state index in [1.807, 2.05) is 4.90 Å². The van der Waals surface area contributed by atoms with Crippen molar-refractivity contribution in [2.24, 2.45) is 11.8 Å². The van der Waals surface area contributed by atoms with E-state index in [1.165, 1.54) is 0 Å². The largest absolute Gasteiger partial charge is 0.337 e. The Morgan fingerprint density at radius 1 is 1.25 bits per heavy atom. The molecule has 0 bridgehead atoms. The minimum Gasteiger partial charge on any atom is -0.337 e. The van der Waals surface area contributed by atoms with E-state index in [-0.39, 0.29) is 5.91 Å². The van der Waals surface area contributed by atoms with Gasteiger partial charge in [-0.05, 0) is 11.8 Å². The number of H-pyrrole nitrogens is 1. The average molecular weight is 278 g/mol. The molecule has 5 heteroatoms. The molecule has 0 spiro atoms. The molecule has 1 aromatic heterocycles. The van der Waals surface area contributed by atoms with Gasteiger partial charge in [-0.2, -0.15) is 5.10 Å². The van der Waals surface area contributed by atoms with E-state index in [2.05, 4.69) is 43.2 Å². The number of hydrogen-bond donors (Lipinski definition) is 2. The zero-order valence-electron chi connectivity index (χ0n) is 13.0. The molecule has 5 nitrogen and oxygen atoms in total. The second-order valence-electron chi connectivity index (χ2n) is 6.45. The number of rotatable bonds is 5. The van der Waals surface area contributed by atoms with E-state index in [0.717, 1.165) is 43.9 Å². The Bertz CT molecular complexity index is 454. The highest BCUT2D eigenvalue weighted by Gasteiger charge is 2.26. The topological polar surface area (TPSA) is 61.0 Å². The van der Waals surface area contributed by atoms with E-state index >= 15 is 0 Å². The van der Waals surface area contributed by atoms with Crippen LogP contribution in [0, 0.1) is 11.8 Å². The molecule has 112 valence electrons. The normalized spacial score (nSPS) is 14.7. The molecule has 0 fully saturated rings. The van der Waals surface area contributed by atoms with Crippen LogP contribution < -0.4 is 5.32 Å². The van der Waals surface area contributed by atoms with Gasteiger partial charge in [0.05, 0.1) is 0 Å². The highest BCUT2D eigenvalue weighted by Crippen LogP contribution is 2.18.